The average molecular weight is 425 g/mol. The second kappa shape index (κ2) is 10.5. The zero-order valence-electron chi connectivity index (χ0n) is 19.5. The molecule has 0 radical (unpaired) electrons. The second-order valence-corrected chi connectivity index (χ2v) is 8.54. The molecule has 168 valence electrons. The number of anilines is 1. The average Bonchev–Trinajstić information content (AvgIpc) is 2.91. The normalized spacial score (nSPS) is 15.3. The molecular formula is C24H36N6O. The Bertz CT molecular complexity index is 928. The standard InChI is InChI=1S/C24H36N6O/c1-6-25-24(27-16(2)13-22-17(3)29-30(5)18(22)4)26-15-19-9-7-12-21(14-19)28-23(31)20-10-8-11-20/h7,9,12,14,16,20H,6,8,10-11,13,15H2,1-5H3,(H,28,31)(H2,25,26,27). The van der Waals surface area contributed by atoms with E-state index in [1.807, 2.05) is 36.0 Å². The molecule has 7 heteroatoms. The number of amides is 1. The highest BCUT2D eigenvalue weighted by molar-refractivity contribution is 5.93. The molecule has 1 aliphatic carbocycles. The van der Waals surface area contributed by atoms with Gasteiger partial charge < -0.3 is 16.0 Å². The van der Waals surface area contributed by atoms with E-state index in [1.54, 1.807) is 0 Å². The van der Waals surface area contributed by atoms with E-state index in [-0.39, 0.29) is 17.9 Å². The summed E-state index contributed by atoms with van der Waals surface area (Å²) in [7, 11) is 1.98. The van der Waals surface area contributed by atoms with Crippen molar-refractivity contribution in [1.82, 2.24) is 20.4 Å². The maximum Gasteiger partial charge on any atom is 0.227 e. The maximum absolute atomic E-state index is 12.2. The highest BCUT2D eigenvalue weighted by Crippen LogP contribution is 2.27. The van der Waals surface area contributed by atoms with Crippen molar-refractivity contribution in [1.29, 1.82) is 0 Å². The predicted octanol–water partition coefficient (Wildman–Crippen LogP) is 3.46. The van der Waals surface area contributed by atoms with Gasteiger partial charge in [0, 0.05) is 36.9 Å². The Morgan fingerprint density at radius 3 is 2.71 bits per heavy atom. The van der Waals surface area contributed by atoms with Crippen LogP contribution in [-0.2, 0) is 24.8 Å². The molecule has 1 unspecified atom stereocenters. The van der Waals surface area contributed by atoms with Crippen molar-refractivity contribution < 1.29 is 4.79 Å². The van der Waals surface area contributed by atoms with Crippen molar-refractivity contribution in [3.05, 3.63) is 46.8 Å². The number of nitrogens with one attached hydrogen (secondary N) is 3. The molecule has 3 rings (SSSR count). The molecule has 1 saturated carbocycles. The van der Waals surface area contributed by atoms with Crippen LogP contribution in [0.3, 0.4) is 0 Å². The third-order valence-corrected chi connectivity index (χ3v) is 5.99. The first-order valence-corrected chi connectivity index (χ1v) is 11.3. The van der Waals surface area contributed by atoms with Crippen LogP contribution in [0.25, 0.3) is 0 Å². The first-order valence-electron chi connectivity index (χ1n) is 11.3. The number of benzene rings is 1. The number of hydrogen-bond acceptors (Lipinski definition) is 3. The first-order chi connectivity index (χ1) is 14.9. The van der Waals surface area contributed by atoms with Crippen LogP contribution in [-0.4, -0.2) is 34.2 Å². The fourth-order valence-corrected chi connectivity index (χ4v) is 3.86. The molecule has 0 aliphatic heterocycles. The van der Waals surface area contributed by atoms with E-state index in [9.17, 15) is 4.79 Å². The smallest absolute Gasteiger partial charge is 0.227 e. The Kier molecular flexibility index (Phi) is 7.71. The molecule has 0 saturated heterocycles. The van der Waals surface area contributed by atoms with Gasteiger partial charge in [-0.3, -0.25) is 9.48 Å². The molecular weight excluding hydrogens is 388 g/mol. The van der Waals surface area contributed by atoms with Crippen molar-refractivity contribution in [3.8, 4) is 0 Å². The lowest BCUT2D eigenvalue weighted by atomic mass is 9.85. The molecule has 1 heterocycles. The number of nitrogens with zero attached hydrogens (tertiary/aromatic N) is 3. The van der Waals surface area contributed by atoms with E-state index in [0.717, 1.165) is 55.1 Å². The van der Waals surface area contributed by atoms with Gasteiger partial charge in [0.2, 0.25) is 5.91 Å². The van der Waals surface area contributed by atoms with E-state index in [1.165, 1.54) is 11.3 Å². The van der Waals surface area contributed by atoms with Crippen LogP contribution in [0.2, 0.25) is 0 Å². The van der Waals surface area contributed by atoms with Gasteiger partial charge in [-0.2, -0.15) is 5.10 Å². The molecule has 1 aromatic carbocycles. The van der Waals surface area contributed by atoms with Crippen LogP contribution in [0.4, 0.5) is 5.69 Å². The number of aryl methyl sites for hydroxylation is 2. The summed E-state index contributed by atoms with van der Waals surface area (Å²) in [5.41, 5.74) is 5.48. The van der Waals surface area contributed by atoms with E-state index >= 15 is 0 Å². The number of carbonyl (C=O) groups excluding carboxylic acids is 1. The van der Waals surface area contributed by atoms with Crippen molar-refractivity contribution in [2.24, 2.45) is 18.0 Å². The van der Waals surface area contributed by atoms with Gasteiger partial charge in [0.15, 0.2) is 5.96 Å². The highest BCUT2D eigenvalue weighted by atomic mass is 16.1. The lowest BCUT2D eigenvalue weighted by Gasteiger charge is -2.24. The zero-order chi connectivity index (χ0) is 22.4. The van der Waals surface area contributed by atoms with Gasteiger partial charge in [0.25, 0.3) is 0 Å². The Balaban J connectivity index is 1.61. The second-order valence-electron chi connectivity index (χ2n) is 8.54. The van der Waals surface area contributed by atoms with Gasteiger partial charge in [0.05, 0.1) is 12.2 Å². The van der Waals surface area contributed by atoms with E-state index in [4.69, 9.17) is 4.99 Å². The Hall–Kier alpha value is -2.83. The summed E-state index contributed by atoms with van der Waals surface area (Å²) in [5.74, 6) is 1.11. The molecule has 1 atom stereocenters. The van der Waals surface area contributed by atoms with Gasteiger partial charge >= 0.3 is 0 Å². The first kappa shape index (κ1) is 22.8. The van der Waals surface area contributed by atoms with Crippen LogP contribution in [0.15, 0.2) is 29.3 Å². The Labute approximate surface area is 185 Å². The molecule has 0 spiro atoms. The largest absolute Gasteiger partial charge is 0.357 e. The Morgan fingerprint density at radius 1 is 1.32 bits per heavy atom. The van der Waals surface area contributed by atoms with Crippen molar-refractivity contribution in [3.63, 3.8) is 0 Å². The van der Waals surface area contributed by atoms with Crippen LogP contribution in [0.5, 0.6) is 0 Å². The van der Waals surface area contributed by atoms with E-state index in [0.29, 0.717) is 6.54 Å². The highest BCUT2D eigenvalue weighted by Gasteiger charge is 2.25. The van der Waals surface area contributed by atoms with Crippen LogP contribution in [0, 0.1) is 19.8 Å². The SMILES string of the molecule is CCNC(=NCc1cccc(NC(=O)C2CCC2)c1)NC(C)Cc1c(C)nn(C)c1C. The topological polar surface area (TPSA) is 83.3 Å². The minimum absolute atomic E-state index is 0.136. The molecule has 1 fully saturated rings. The van der Waals surface area contributed by atoms with Gasteiger partial charge in [-0.05, 0) is 70.2 Å². The third-order valence-electron chi connectivity index (χ3n) is 5.99. The Morgan fingerprint density at radius 2 is 2.10 bits per heavy atom. The van der Waals surface area contributed by atoms with Crippen LogP contribution >= 0.6 is 0 Å². The molecule has 0 bridgehead atoms. The van der Waals surface area contributed by atoms with Crippen LogP contribution < -0.4 is 16.0 Å². The van der Waals surface area contributed by atoms with Crippen molar-refractivity contribution in [2.75, 3.05) is 11.9 Å². The summed E-state index contributed by atoms with van der Waals surface area (Å²) in [6, 6.07) is 8.17. The molecule has 7 nitrogen and oxygen atoms in total. The quantitative estimate of drug-likeness (QED) is 0.448. The maximum atomic E-state index is 12.2. The lowest BCUT2D eigenvalue weighted by Crippen LogP contribution is -2.43. The summed E-state index contributed by atoms with van der Waals surface area (Å²) in [4.78, 5) is 17.0. The summed E-state index contributed by atoms with van der Waals surface area (Å²) in [6.07, 6.45) is 4.05. The lowest BCUT2D eigenvalue weighted by molar-refractivity contribution is -0.122. The monoisotopic (exact) mass is 424 g/mol. The van der Waals surface area contributed by atoms with Gasteiger partial charge in [-0.15, -0.1) is 0 Å². The van der Waals surface area contributed by atoms with Gasteiger partial charge in [-0.25, -0.2) is 4.99 Å². The number of aromatic nitrogens is 2. The number of carbonyl (C=O) groups is 1. The number of rotatable bonds is 8. The van der Waals surface area contributed by atoms with Crippen molar-refractivity contribution >= 4 is 17.6 Å². The predicted molar refractivity (Wildman–Crippen MR) is 126 cm³/mol. The molecule has 1 aliphatic rings. The summed E-state index contributed by atoms with van der Waals surface area (Å²) in [5, 5.41) is 14.4. The van der Waals surface area contributed by atoms with E-state index < -0.39 is 0 Å². The fraction of sp³-hybridized carbons (Fsp3) is 0.542. The molecule has 3 N–H and O–H groups in total. The summed E-state index contributed by atoms with van der Waals surface area (Å²) < 4.78 is 1.94. The number of hydrogen-bond donors (Lipinski definition) is 3. The number of guanidine groups is 1. The minimum Gasteiger partial charge on any atom is -0.357 e. The van der Waals surface area contributed by atoms with Gasteiger partial charge in [-0.1, -0.05) is 18.6 Å². The third kappa shape index (κ3) is 6.09. The van der Waals surface area contributed by atoms with E-state index in [2.05, 4.69) is 48.7 Å². The summed E-state index contributed by atoms with van der Waals surface area (Å²) >= 11 is 0. The molecule has 1 aromatic heterocycles. The molecule has 2 aromatic rings. The van der Waals surface area contributed by atoms with Gasteiger partial charge in [0.1, 0.15) is 0 Å². The number of aliphatic imine (C=N–C) groups is 1. The summed E-state index contributed by atoms with van der Waals surface area (Å²) in [6.45, 7) is 9.73. The zero-order valence-corrected chi connectivity index (χ0v) is 19.5. The van der Waals surface area contributed by atoms with Crippen LogP contribution in [0.1, 0.15) is 55.6 Å². The van der Waals surface area contributed by atoms with Crippen molar-refractivity contribution in [2.45, 2.75) is 66.0 Å². The fourth-order valence-electron chi connectivity index (χ4n) is 3.86. The molecule has 31 heavy (non-hydrogen) atoms. The minimum atomic E-state index is 0.136. The molecule has 1 amide bonds.